The van der Waals surface area contributed by atoms with Crippen LogP contribution in [0.25, 0.3) is 0 Å². The maximum atomic E-state index is 2.40. The van der Waals surface area contributed by atoms with Crippen LogP contribution in [0.3, 0.4) is 0 Å². The smallest absolute Gasteiger partial charge is 0.0119 e. The number of rotatable bonds is 6. The molecule has 0 fully saturated rings. The monoisotopic (exact) mass is 388 g/mol. The summed E-state index contributed by atoms with van der Waals surface area (Å²) in [6.07, 6.45) is 3.24. The van der Waals surface area contributed by atoms with Crippen LogP contribution in [0.5, 0.6) is 0 Å². The zero-order valence-electron chi connectivity index (χ0n) is 18.3. The van der Waals surface area contributed by atoms with Crippen LogP contribution in [0.4, 0.5) is 0 Å². The minimum Gasteiger partial charge on any atom is -0.0613 e. The van der Waals surface area contributed by atoms with Gasteiger partial charge < -0.3 is 0 Å². The summed E-state index contributed by atoms with van der Waals surface area (Å²) in [7, 11) is -0.563. The zero-order chi connectivity index (χ0) is 20.3. The molecule has 0 nitrogen and oxygen atoms in total. The summed E-state index contributed by atoms with van der Waals surface area (Å²) in [6.45, 7) is 13.5. The molecule has 0 amide bonds. The minimum absolute atomic E-state index is 0.563. The van der Waals surface area contributed by atoms with Crippen LogP contribution in [0.1, 0.15) is 54.2 Å². The molecule has 0 atom stereocenters. The van der Waals surface area contributed by atoms with Gasteiger partial charge in [-0.15, -0.1) is 0 Å². The summed E-state index contributed by atoms with van der Waals surface area (Å²) in [5.41, 5.74) is 8.56. The molecule has 0 aliphatic rings. The number of benzene rings is 3. The van der Waals surface area contributed by atoms with Gasteiger partial charge in [-0.05, 0) is 80.6 Å². The van der Waals surface area contributed by atoms with E-state index in [2.05, 4.69) is 96.1 Å². The Kier molecular flexibility index (Phi) is 6.73. The van der Waals surface area contributed by atoms with Crippen molar-refractivity contribution in [2.45, 2.75) is 60.8 Å². The Morgan fingerprint density at radius 2 is 0.786 bits per heavy atom. The molecule has 28 heavy (non-hydrogen) atoms. The first-order chi connectivity index (χ1) is 13.5. The summed E-state index contributed by atoms with van der Waals surface area (Å²) < 4.78 is 0. The highest BCUT2D eigenvalue weighted by Crippen LogP contribution is 2.38. The average Bonchev–Trinajstić information content (AvgIpc) is 2.70. The fourth-order valence-corrected chi connectivity index (χ4v) is 7.02. The fourth-order valence-electron chi connectivity index (χ4n) is 4.04. The second kappa shape index (κ2) is 9.06. The van der Waals surface area contributed by atoms with Crippen molar-refractivity contribution in [3.8, 4) is 0 Å². The molecule has 3 rings (SSSR count). The van der Waals surface area contributed by atoms with Gasteiger partial charge in [0.15, 0.2) is 0 Å². The molecule has 0 heterocycles. The molecular weight excluding hydrogens is 355 g/mol. The summed E-state index contributed by atoms with van der Waals surface area (Å²) in [5.74, 6) is 0. The molecule has 0 saturated carbocycles. The van der Waals surface area contributed by atoms with E-state index in [-0.39, 0.29) is 0 Å². The van der Waals surface area contributed by atoms with Crippen molar-refractivity contribution in [1.82, 2.24) is 0 Å². The Balaban J connectivity index is 2.33. The molecule has 0 aliphatic carbocycles. The quantitative estimate of drug-likeness (QED) is 0.451. The molecule has 3 aromatic carbocycles. The lowest BCUT2D eigenvalue weighted by molar-refractivity contribution is 1.14. The van der Waals surface area contributed by atoms with E-state index in [9.17, 15) is 0 Å². The van der Waals surface area contributed by atoms with Crippen LogP contribution in [0.15, 0.2) is 54.6 Å². The van der Waals surface area contributed by atoms with Gasteiger partial charge in [0.1, 0.15) is 0 Å². The standard InChI is InChI=1S/C27H33P/c1-7-22-16-19(4)10-13-25(22)28(26-14-11-20(5)17-23(26)8-2)27-15-12-21(6)18-24(27)9-3/h10-18H,7-9H2,1-6H3. The number of hydrogen-bond acceptors (Lipinski definition) is 0. The first-order valence-electron chi connectivity index (χ1n) is 10.6. The Morgan fingerprint density at radius 1 is 0.500 bits per heavy atom. The van der Waals surface area contributed by atoms with E-state index in [4.69, 9.17) is 0 Å². The average molecular weight is 389 g/mol. The molecule has 0 saturated heterocycles. The lowest BCUT2D eigenvalue weighted by atomic mass is 10.1. The van der Waals surface area contributed by atoms with Gasteiger partial charge in [0, 0.05) is 0 Å². The maximum absolute atomic E-state index is 2.40. The van der Waals surface area contributed by atoms with Gasteiger partial charge in [-0.1, -0.05) is 92.1 Å². The normalized spacial score (nSPS) is 11.2. The molecule has 0 aliphatic heterocycles. The molecule has 1 heteroatoms. The van der Waals surface area contributed by atoms with Crippen molar-refractivity contribution in [1.29, 1.82) is 0 Å². The lowest BCUT2D eigenvalue weighted by Gasteiger charge is -2.27. The third kappa shape index (κ3) is 4.23. The van der Waals surface area contributed by atoms with Crippen molar-refractivity contribution in [3.63, 3.8) is 0 Å². The zero-order valence-corrected chi connectivity index (χ0v) is 19.2. The summed E-state index contributed by atoms with van der Waals surface area (Å²) in [6, 6.07) is 21.3. The van der Waals surface area contributed by atoms with E-state index >= 15 is 0 Å². The van der Waals surface area contributed by atoms with Crippen molar-refractivity contribution in [3.05, 3.63) is 88.0 Å². The SMILES string of the molecule is CCc1cc(C)ccc1P(c1ccc(C)cc1CC)c1ccc(C)cc1CC. The van der Waals surface area contributed by atoms with Crippen LogP contribution in [-0.2, 0) is 19.3 Å². The molecule has 3 aromatic rings. The van der Waals surface area contributed by atoms with E-state index < -0.39 is 7.92 Å². The van der Waals surface area contributed by atoms with E-state index in [1.807, 2.05) is 0 Å². The predicted octanol–water partition coefficient (Wildman–Crippen LogP) is 6.06. The highest BCUT2D eigenvalue weighted by atomic mass is 31.1. The molecule has 0 aromatic heterocycles. The summed E-state index contributed by atoms with van der Waals surface area (Å²) in [4.78, 5) is 0. The number of aryl methyl sites for hydroxylation is 6. The van der Waals surface area contributed by atoms with Crippen LogP contribution < -0.4 is 15.9 Å². The molecular formula is C27H33P. The van der Waals surface area contributed by atoms with E-state index in [1.165, 1.54) is 49.3 Å². The topological polar surface area (TPSA) is 0 Å². The third-order valence-corrected chi connectivity index (χ3v) is 8.32. The van der Waals surface area contributed by atoms with Gasteiger partial charge >= 0.3 is 0 Å². The first-order valence-corrected chi connectivity index (χ1v) is 11.9. The van der Waals surface area contributed by atoms with Crippen molar-refractivity contribution < 1.29 is 0 Å². The Hall–Kier alpha value is -1.91. The van der Waals surface area contributed by atoms with Crippen LogP contribution in [0, 0.1) is 20.8 Å². The predicted molar refractivity (Wildman–Crippen MR) is 127 cm³/mol. The van der Waals surface area contributed by atoms with Gasteiger partial charge in [-0.25, -0.2) is 0 Å². The minimum atomic E-state index is -0.563. The van der Waals surface area contributed by atoms with E-state index in [0.29, 0.717) is 0 Å². The Labute approximate surface area is 172 Å². The van der Waals surface area contributed by atoms with Gasteiger partial charge in [0.2, 0.25) is 0 Å². The third-order valence-electron chi connectivity index (χ3n) is 5.57. The highest BCUT2D eigenvalue weighted by molar-refractivity contribution is 7.80. The number of hydrogen-bond donors (Lipinski definition) is 0. The fraction of sp³-hybridized carbons (Fsp3) is 0.333. The lowest BCUT2D eigenvalue weighted by Crippen LogP contribution is -2.27. The van der Waals surface area contributed by atoms with Crippen LogP contribution >= 0.6 is 7.92 Å². The largest absolute Gasteiger partial charge is 0.0613 e. The van der Waals surface area contributed by atoms with Crippen molar-refractivity contribution in [2.75, 3.05) is 0 Å². The van der Waals surface area contributed by atoms with Crippen molar-refractivity contribution >= 4 is 23.8 Å². The van der Waals surface area contributed by atoms with Crippen LogP contribution in [-0.4, -0.2) is 0 Å². The summed E-state index contributed by atoms with van der Waals surface area (Å²) >= 11 is 0. The summed E-state index contributed by atoms with van der Waals surface area (Å²) in [5, 5.41) is 4.58. The van der Waals surface area contributed by atoms with Crippen LogP contribution in [0.2, 0.25) is 0 Å². The molecule has 0 N–H and O–H groups in total. The molecule has 146 valence electrons. The van der Waals surface area contributed by atoms with Gasteiger partial charge in [-0.2, -0.15) is 0 Å². The molecule has 0 unspecified atom stereocenters. The maximum Gasteiger partial charge on any atom is -0.0119 e. The molecule has 0 spiro atoms. The van der Waals surface area contributed by atoms with Gasteiger partial charge in [0.25, 0.3) is 0 Å². The Bertz CT molecular complexity index is 841. The second-order valence-corrected chi connectivity index (χ2v) is 9.91. The molecule has 0 radical (unpaired) electrons. The van der Waals surface area contributed by atoms with E-state index in [0.717, 1.165) is 19.3 Å². The first kappa shape index (κ1) is 20.8. The van der Waals surface area contributed by atoms with Gasteiger partial charge in [0.05, 0.1) is 0 Å². The molecule has 0 bridgehead atoms. The second-order valence-electron chi connectivity index (χ2n) is 7.79. The van der Waals surface area contributed by atoms with Crippen molar-refractivity contribution in [2.24, 2.45) is 0 Å². The Morgan fingerprint density at radius 3 is 1.04 bits per heavy atom. The highest BCUT2D eigenvalue weighted by Gasteiger charge is 2.23. The van der Waals surface area contributed by atoms with E-state index in [1.54, 1.807) is 0 Å². The van der Waals surface area contributed by atoms with Gasteiger partial charge in [-0.3, -0.25) is 0 Å².